The van der Waals surface area contributed by atoms with E-state index in [1.54, 1.807) is 6.20 Å². The lowest BCUT2D eigenvalue weighted by atomic mass is 9.95. The Hall–Kier alpha value is -3.76. The molecule has 4 aromatic rings. The number of pyridine rings is 1. The van der Waals surface area contributed by atoms with Gasteiger partial charge in [0.05, 0.1) is 23.0 Å². The summed E-state index contributed by atoms with van der Waals surface area (Å²) >= 11 is 6.69. The normalized spacial score (nSPS) is 22.1. The van der Waals surface area contributed by atoms with E-state index in [1.165, 1.54) is 0 Å². The quantitative estimate of drug-likeness (QED) is 0.215. The summed E-state index contributed by atoms with van der Waals surface area (Å²) in [6.07, 6.45) is 7.56. The third-order valence-electron chi connectivity index (χ3n) is 10.6. The summed E-state index contributed by atoms with van der Waals surface area (Å²) in [7, 11) is 0. The summed E-state index contributed by atoms with van der Waals surface area (Å²) in [5.74, 6) is 0.0396. The van der Waals surface area contributed by atoms with E-state index in [2.05, 4.69) is 9.80 Å². The predicted octanol–water partition coefficient (Wildman–Crippen LogP) is 7.54. The highest BCUT2D eigenvalue weighted by atomic mass is 35.5. The molecule has 0 N–H and O–H groups in total. The highest BCUT2D eigenvalue weighted by Crippen LogP contribution is 2.42. The van der Waals surface area contributed by atoms with E-state index in [0.717, 1.165) is 68.0 Å². The van der Waals surface area contributed by atoms with Crippen LogP contribution in [0.1, 0.15) is 64.9 Å². The molecule has 2 bridgehead atoms. The van der Waals surface area contributed by atoms with Crippen LogP contribution in [0.4, 0.5) is 15.0 Å². The molecule has 4 saturated heterocycles. The van der Waals surface area contributed by atoms with Crippen LogP contribution >= 0.6 is 11.6 Å². The SMILES string of the molecule is Cc1cc(-c2ncc3c(N4CC5CCC(C4)N5C(=O)OC(C)(C)C)nc(OCC45CCCN4CCC5)nc3c2F)c2c(Cl)cccc2c1. The molecule has 1 amide bonds. The largest absolute Gasteiger partial charge is 0.461 e. The lowest BCUT2D eigenvalue weighted by Gasteiger charge is -2.42. The molecular formula is C37H42ClFN6O3. The van der Waals surface area contributed by atoms with E-state index in [-0.39, 0.29) is 40.9 Å². The van der Waals surface area contributed by atoms with Crippen molar-refractivity contribution in [2.75, 3.05) is 37.7 Å². The van der Waals surface area contributed by atoms with Gasteiger partial charge in [-0.3, -0.25) is 14.8 Å². The number of aryl methyl sites for hydroxylation is 1. The van der Waals surface area contributed by atoms with Crippen LogP contribution in [0, 0.1) is 12.7 Å². The number of rotatable bonds is 5. The molecule has 4 fully saturated rings. The zero-order valence-electron chi connectivity index (χ0n) is 28.1. The average Bonchev–Trinajstić information content (AvgIpc) is 3.69. The van der Waals surface area contributed by atoms with Crippen molar-refractivity contribution in [1.29, 1.82) is 0 Å². The number of benzene rings is 2. The fourth-order valence-corrected chi connectivity index (χ4v) is 8.87. The molecule has 4 aliphatic rings. The van der Waals surface area contributed by atoms with Crippen LogP contribution in [0.3, 0.4) is 0 Å². The van der Waals surface area contributed by atoms with E-state index in [4.69, 9.17) is 36.0 Å². The van der Waals surface area contributed by atoms with Crippen molar-refractivity contribution in [3.8, 4) is 17.3 Å². The molecule has 4 aliphatic heterocycles. The smallest absolute Gasteiger partial charge is 0.410 e. The molecule has 6 heterocycles. The van der Waals surface area contributed by atoms with Crippen LogP contribution in [-0.2, 0) is 4.74 Å². The fourth-order valence-electron chi connectivity index (χ4n) is 8.58. The van der Waals surface area contributed by atoms with Crippen LogP contribution < -0.4 is 9.64 Å². The summed E-state index contributed by atoms with van der Waals surface area (Å²) in [4.78, 5) is 34.2. The number of ether oxygens (including phenoxy) is 2. The van der Waals surface area contributed by atoms with Crippen molar-refractivity contribution in [3.05, 3.63) is 52.9 Å². The zero-order chi connectivity index (χ0) is 33.4. The molecular weight excluding hydrogens is 631 g/mol. The van der Waals surface area contributed by atoms with Gasteiger partial charge in [-0.15, -0.1) is 0 Å². The van der Waals surface area contributed by atoms with Crippen molar-refractivity contribution in [2.24, 2.45) is 0 Å². The molecule has 252 valence electrons. The van der Waals surface area contributed by atoms with Crippen LogP contribution in [0.2, 0.25) is 5.02 Å². The van der Waals surface area contributed by atoms with Gasteiger partial charge >= 0.3 is 12.1 Å². The fraction of sp³-hybridized carbons (Fsp3) is 0.514. The minimum atomic E-state index is -0.579. The van der Waals surface area contributed by atoms with Crippen molar-refractivity contribution in [1.82, 2.24) is 24.8 Å². The summed E-state index contributed by atoms with van der Waals surface area (Å²) in [5.41, 5.74) is 1.35. The minimum absolute atomic E-state index is 0.0180. The van der Waals surface area contributed by atoms with Gasteiger partial charge in [0, 0.05) is 35.3 Å². The standard InChI is InChI=1S/C37H42ClFN6O3/c1-22-16-23-8-5-9-28(38)29(23)26(17-22)31-30(39)32-27(18-40-31)33(42-34(41-32)47-21-37-12-6-14-44(37)15-7-13-37)43-19-24-10-11-25(20-43)45(24)35(46)48-36(2,3)4/h5,8-9,16-18,24-25H,6-7,10-15,19-21H2,1-4H3. The van der Waals surface area contributed by atoms with Gasteiger partial charge in [0.25, 0.3) is 0 Å². The summed E-state index contributed by atoms with van der Waals surface area (Å²) in [5, 5.41) is 2.71. The molecule has 48 heavy (non-hydrogen) atoms. The Morgan fingerprint density at radius 3 is 2.52 bits per heavy atom. The Kier molecular flexibility index (Phi) is 7.67. The number of carbonyl (C=O) groups excluding carboxylic acids is 1. The second kappa shape index (κ2) is 11.7. The number of aromatic nitrogens is 3. The molecule has 0 radical (unpaired) electrons. The third-order valence-corrected chi connectivity index (χ3v) is 11.0. The van der Waals surface area contributed by atoms with Crippen LogP contribution in [0.25, 0.3) is 32.9 Å². The minimum Gasteiger partial charge on any atom is -0.461 e. The molecule has 2 aromatic heterocycles. The number of halogens is 2. The number of nitrogens with zero attached hydrogens (tertiary/aromatic N) is 6. The molecule has 2 atom stereocenters. The Morgan fingerprint density at radius 2 is 1.81 bits per heavy atom. The zero-order valence-corrected chi connectivity index (χ0v) is 28.8. The Morgan fingerprint density at radius 1 is 1.08 bits per heavy atom. The summed E-state index contributed by atoms with van der Waals surface area (Å²) < 4.78 is 29.2. The highest BCUT2D eigenvalue weighted by Gasteiger charge is 2.46. The first-order valence-corrected chi connectivity index (χ1v) is 17.6. The van der Waals surface area contributed by atoms with Gasteiger partial charge in [-0.25, -0.2) is 9.18 Å². The number of piperazine rings is 1. The Bertz CT molecular complexity index is 1910. The van der Waals surface area contributed by atoms with Gasteiger partial charge in [0.1, 0.15) is 29.2 Å². The maximum atomic E-state index is 17.0. The molecule has 11 heteroatoms. The maximum Gasteiger partial charge on any atom is 0.410 e. The lowest BCUT2D eigenvalue weighted by Crippen LogP contribution is -2.57. The van der Waals surface area contributed by atoms with E-state index < -0.39 is 11.4 Å². The average molecular weight is 673 g/mol. The molecule has 0 saturated carbocycles. The van der Waals surface area contributed by atoms with Crippen LogP contribution in [0.5, 0.6) is 6.01 Å². The van der Waals surface area contributed by atoms with E-state index in [9.17, 15) is 4.79 Å². The van der Waals surface area contributed by atoms with Gasteiger partial charge in [-0.05, 0) is 102 Å². The van der Waals surface area contributed by atoms with Gasteiger partial charge < -0.3 is 14.4 Å². The second-order valence-corrected chi connectivity index (χ2v) is 15.5. The first kappa shape index (κ1) is 31.5. The topological polar surface area (TPSA) is 83.9 Å². The molecule has 8 rings (SSSR count). The van der Waals surface area contributed by atoms with E-state index in [1.807, 2.05) is 62.9 Å². The molecule has 2 unspecified atom stereocenters. The molecule has 0 spiro atoms. The van der Waals surface area contributed by atoms with Gasteiger partial charge in [-0.1, -0.05) is 29.8 Å². The van der Waals surface area contributed by atoms with Gasteiger partial charge in [0.15, 0.2) is 5.82 Å². The number of hydrogen-bond donors (Lipinski definition) is 0. The number of hydrogen-bond acceptors (Lipinski definition) is 8. The van der Waals surface area contributed by atoms with Gasteiger partial charge in [-0.2, -0.15) is 9.97 Å². The first-order chi connectivity index (χ1) is 23.0. The van der Waals surface area contributed by atoms with Crippen molar-refractivity contribution in [2.45, 2.75) is 89.4 Å². The van der Waals surface area contributed by atoms with Crippen molar-refractivity contribution in [3.63, 3.8) is 0 Å². The summed E-state index contributed by atoms with van der Waals surface area (Å²) in [6, 6.07) is 9.71. The Labute approximate surface area is 285 Å². The lowest BCUT2D eigenvalue weighted by molar-refractivity contribution is 0.0122. The monoisotopic (exact) mass is 672 g/mol. The maximum absolute atomic E-state index is 17.0. The third kappa shape index (κ3) is 5.41. The van der Waals surface area contributed by atoms with Crippen molar-refractivity contribution >= 4 is 45.2 Å². The predicted molar refractivity (Wildman–Crippen MR) is 185 cm³/mol. The highest BCUT2D eigenvalue weighted by molar-refractivity contribution is 6.36. The van der Waals surface area contributed by atoms with E-state index >= 15 is 4.39 Å². The number of anilines is 1. The van der Waals surface area contributed by atoms with E-state index in [0.29, 0.717) is 41.5 Å². The van der Waals surface area contributed by atoms with Crippen LogP contribution in [-0.4, -0.2) is 86.9 Å². The number of carbonyl (C=O) groups is 1. The molecule has 0 aliphatic carbocycles. The Balaban J connectivity index is 1.21. The second-order valence-electron chi connectivity index (χ2n) is 15.0. The number of fused-ring (bicyclic) bond motifs is 5. The molecule has 2 aromatic carbocycles. The molecule has 9 nitrogen and oxygen atoms in total. The van der Waals surface area contributed by atoms with Crippen molar-refractivity contribution < 1.29 is 18.7 Å². The number of amides is 1. The van der Waals surface area contributed by atoms with Crippen LogP contribution in [0.15, 0.2) is 36.5 Å². The van der Waals surface area contributed by atoms with Gasteiger partial charge in [0.2, 0.25) is 0 Å². The first-order valence-electron chi connectivity index (χ1n) is 17.2. The summed E-state index contributed by atoms with van der Waals surface area (Å²) in [6.45, 7) is 11.3.